The second-order valence-corrected chi connectivity index (χ2v) is 7.62. The molecule has 31 heavy (non-hydrogen) atoms. The van der Waals surface area contributed by atoms with E-state index >= 15 is 0 Å². The number of methoxy groups -OCH3 is 1. The Hall–Kier alpha value is -3.67. The number of rotatable bonds is 4. The molecule has 5 rings (SSSR count). The summed E-state index contributed by atoms with van der Waals surface area (Å²) < 4.78 is 15.7. The molecule has 0 spiro atoms. The predicted molar refractivity (Wildman–Crippen MR) is 116 cm³/mol. The number of allylic oxidation sites excluding steroid dienone is 1. The molecule has 3 aromatic rings. The first-order chi connectivity index (χ1) is 15.1. The van der Waals surface area contributed by atoms with Gasteiger partial charge >= 0.3 is 11.9 Å². The number of hydrogen-bond donors (Lipinski definition) is 0. The Morgan fingerprint density at radius 1 is 1.13 bits per heavy atom. The molecule has 1 aromatic heterocycles. The van der Waals surface area contributed by atoms with Crippen LogP contribution in [0.15, 0.2) is 48.5 Å². The number of hydrogen-bond acceptors (Lipinski definition) is 6. The lowest BCUT2D eigenvalue weighted by Crippen LogP contribution is -2.23. The van der Waals surface area contributed by atoms with Gasteiger partial charge in [-0.1, -0.05) is 30.3 Å². The summed E-state index contributed by atoms with van der Waals surface area (Å²) in [7, 11) is 1.64. The van der Waals surface area contributed by atoms with Crippen LogP contribution in [0.5, 0.6) is 5.75 Å². The van der Waals surface area contributed by atoms with Crippen molar-refractivity contribution >= 4 is 34.5 Å². The average molecular weight is 415 g/mol. The maximum absolute atomic E-state index is 13.2. The number of ether oxygens (including phenoxy) is 3. The number of nitrogens with zero attached hydrogens (tertiary/aromatic N) is 1. The number of carbonyl (C=O) groups excluding carboxylic acids is 2. The number of fused-ring (bicyclic) bond motifs is 2. The van der Waals surface area contributed by atoms with Gasteiger partial charge in [-0.2, -0.15) is 0 Å². The summed E-state index contributed by atoms with van der Waals surface area (Å²) in [6.07, 6.45) is 3.10. The molecule has 1 aliphatic heterocycles. The number of pyridine rings is 1. The van der Waals surface area contributed by atoms with Gasteiger partial charge in [-0.05, 0) is 53.8 Å². The summed E-state index contributed by atoms with van der Waals surface area (Å²) in [5, 5.41) is 0.739. The zero-order valence-electron chi connectivity index (χ0n) is 17.1. The Morgan fingerprint density at radius 3 is 2.68 bits per heavy atom. The number of esters is 2. The second-order valence-electron chi connectivity index (χ2n) is 7.62. The topological polar surface area (TPSA) is 74.7 Å². The standard InChI is InChI=1S/C25H21NO5/c1-29-17-9-6-15(7-10-17)14-16-8-11-19-22(25(28)31-21-12-13-30-24(21)27)18-4-2-3-5-20(18)26-23(16)19/h2-7,9-10,14,21H,8,11-13H2,1H3/b16-14+/t21-/m1/s1. The number of aromatic nitrogens is 1. The maximum Gasteiger partial charge on any atom is 0.347 e. The van der Waals surface area contributed by atoms with Crippen molar-refractivity contribution in [3.63, 3.8) is 0 Å². The van der Waals surface area contributed by atoms with Gasteiger partial charge in [-0.15, -0.1) is 0 Å². The summed E-state index contributed by atoms with van der Waals surface area (Å²) in [6.45, 7) is 0.278. The molecule has 0 bridgehead atoms. The van der Waals surface area contributed by atoms with Gasteiger partial charge < -0.3 is 14.2 Å². The minimum absolute atomic E-state index is 0.278. The minimum atomic E-state index is -0.842. The van der Waals surface area contributed by atoms with E-state index in [9.17, 15) is 9.59 Å². The molecule has 1 saturated heterocycles. The molecule has 6 nitrogen and oxygen atoms in total. The first kappa shape index (κ1) is 19.3. The van der Waals surface area contributed by atoms with Crippen LogP contribution in [0.1, 0.15) is 40.0 Å². The van der Waals surface area contributed by atoms with E-state index in [-0.39, 0.29) is 6.61 Å². The van der Waals surface area contributed by atoms with Gasteiger partial charge in [0, 0.05) is 11.8 Å². The van der Waals surface area contributed by atoms with Crippen LogP contribution >= 0.6 is 0 Å². The summed E-state index contributed by atoms with van der Waals surface area (Å²) in [4.78, 5) is 29.8. The van der Waals surface area contributed by atoms with Crippen molar-refractivity contribution in [1.82, 2.24) is 4.98 Å². The quantitative estimate of drug-likeness (QED) is 0.595. The zero-order chi connectivity index (χ0) is 21.4. The summed E-state index contributed by atoms with van der Waals surface area (Å²) >= 11 is 0. The fourth-order valence-corrected chi connectivity index (χ4v) is 4.19. The third-order valence-electron chi connectivity index (χ3n) is 5.74. The Morgan fingerprint density at radius 2 is 1.94 bits per heavy atom. The van der Waals surface area contributed by atoms with Crippen LogP contribution in [-0.2, 0) is 20.7 Å². The first-order valence-corrected chi connectivity index (χ1v) is 10.3. The SMILES string of the molecule is COc1ccc(/C=C2\CCc3c2nc2ccccc2c3C(=O)O[C@@H]2CCOC2=O)cc1. The van der Waals surface area contributed by atoms with Crippen molar-refractivity contribution in [3.05, 3.63) is 70.9 Å². The summed E-state index contributed by atoms with van der Waals surface area (Å²) in [5.41, 5.74) is 5.02. The number of benzene rings is 2. The molecule has 1 fully saturated rings. The maximum atomic E-state index is 13.2. The lowest BCUT2D eigenvalue weighted by molar-refractivity contribution is -0.145. The molecule has 2 aliphatic rings. The molecule has 0 N–H and O–H groups in total. The van der Waals surface area contributed by atoms with Crippen molar-refractivity contribution in [1.29, 1.82) is 0 Å². The number of para-hydroxylation sites is 1. The van der Waals surface area contributed by atoms with Gasteiger partial charge in [-0.3, -0.25) is 0 Å². The predicted octanol–water partition coefficient (Wildman–Crippen LogP) is 4.20. The number of cyclic esters (lactones) is 1. The normalized spacial score (nSPS) is 18.8. The van der Waals surface area contributed by atoms with Gasteiger partial charge in [-0.25, -0.2) is 14.6 Å². The average Bonchev–Trinajstić information content (AvgIpc) is 3.38. The van der Waals surface area contributed by atoms with Crippen molar-refractivity contribution in [3.8, 4) is 5.75 Å². The zero-order valence-corrected chi connectivity index (χ0v) is 17.1. The first-order valence-electron chi connectivity index (χ1n) is 10.3. The van der Waals surface area contributed by atoms with Gasteiger partial charge in [0.05, 0.1) is 30.5 Å². The van der Waals surface area contributed by atoms with Crippen LogP contribution < -0.4 is 4.74 Å². The van der Waals surface area contributed by atoms with Crippen LogP contribution in [-0.4, -0.2) is 36.7 Å². The highest BCUT2D eigenvalue weighted by Crippen LogP contribution is 2.38. The highest BCUT2D eigenvalue weighted by atomic mass is 16.6. The van der Waals surface area contributed by atoms with E-state index in [0.29, 0.717) is 18.4 Å². The fourth-order valence-electron chi connectivity index (χ4n) is 4.19. The van der Waals surface area contributed by atoms with Gasteiger partial charge in [0.25, 0.3) is 0 Å². The Bertz CT molecular complexity index is 1210. The molecule has 156 valence electrons. The Kier molecular flexibility index (Phi) is 4.90. The van der Waals surface area contributed by atoms with Crippen molar-refractivity contribution in [2.45, 2.75) is 25.4 Å². The van der Waals surface area contributed by atoms with E-state index in [0.717, 1.165) is 45.5 Å². The smallest absolute Gasteiger partial charge is 0.347 e. The summed E-state index contributed by atoms with van der Waals surface area (Å²) in [5.74, 6) is -0.179. The lowest BCUT2D eigenvalue weighted by Gasteiger charge is -2.14. The van der Waals surface area contributed by atoms with Crippen LogP contribution in [0.25, 0.3) is 22.6 Å². The van der Waals surface area contributed by atoms with E-state index in [1.54, 1.807) is 7.11 Å². The van der Waals surface area contributed by atoms with E-state index in [2.05, 4.69) is 6.08 Å². The van der Waals surface area contributed by atoms with Gasteiger partial charge in [0.15, 0.2) is 0 Å². The molecule has 1 atom stereocenters. The molecule has 1 aliphatic carbocycles. The highest BCUT2D eigenvalue weighted by molar-refractivity contribution is 6.07. The molecule has 2 aromatic carbocycles. The minimum Gasteiger partial charge on any atom is -0.497 e. The van der Waals surface area contributed by atoms with Crippen LogP contribution in [0.4, 0.5) is 0 Å². The summed E-state index contributed by atoms with van der Waals surface area (Å²) in [6, 6.07) is 15.3. The molecular weight excluding hydrogens is 394 g/mol. The number of carbonyl (C=O) groups is 2. The third-order valence-corrected chi connectivity index (χ3v) is 5.74. The van der Waals surface area contributed by atoms with Crippen molar-refractivity contribution < 1.29 is 23.8 Å². The molecular formula is C25H21NO5. The Labute approximate surface area is 179 Å². The van der Waals surface area contributed by atoms with Gasteiger partial charge in [0.2, 0.25) is 6.10 Å². The Balaban J connectivity index is 1.58. The molecule has 0 unspecified atom stereocenters. The van der Waals surface area contributed by atoms with E-state index in [4.69, 9.17) is 19.2 Å². The third kappa shape index (κ3) is 3.54. The van der Waals surface area contributed by atoms with Gasteiger partial charge in [0.1, 0.15) is 5.75 Å². The van der Waals surface area contributed by atoms with Crippen molar-refractivity contribution in [2.75, 3.05) is 13.7 Å². The largest absolute Gasteiger partial charge is 0.497 e. The van der Waals surface area contributed by atoms with E-state index in [1.807, 2.05) is 48.5 Å². The highest BCUT2D eigenvalue weighted by Gasteiger charge is 2.33. The lowest BCUT2D eigenvalue weighted by atomic mass is 10.0. The molecule has 0 amide bonds. The molecule has 6 heteroatoms. The van der Waals surface area contributed by atoms with E-state index in [1.165, 1.54) is 0 Å². The van der Waals surface area contributed by atoms with E-state index < -0.39 is 18.0 Å². The molecule has 2 heterocycles. The molecule has 0 radical (unpaired) electrons. The van der Waals surface area contributed by atoms with Crippen LogP contribution in [0.2, 0.25) is 0 Å². The molecule has 0 saturated carbocycles. The monoisotopic (exact) mass is 415 g/mol. The fraction of sp³-hybridized carbons (Fsp3) is 0.240. The van der Waals surface area contributed by atoms with Crippen LogP contribution in [0.3, 0.4) is 0 Å². The van der Waals surface area contributed by atoms with Crippen LogP contribution in [0, 0.1) is 0 Å². The second kappa shape index (κ2) is 7.87. The van der Waals surface area contributed by atoms with Crippen molar-refractivity contribution in [2.24, 2.45) is 0 Å².